The Labute approximate surface area is 365 Å². The second kappa shape index (κ2) is 14.8. The predicted molar refractivity (Wildman–Crippen MR) is 263 cm³/mol. The highest BCUT2D eigenvalue weighted by Crippen LogP contribution is 2.45. The van der Waals surface area contributed by atoms with Gasteiger partial charge in [-0.3, -0.25) is 0 Å². The fraction of sp³-hybridized carbons (Fsp3) is 0. The highest BCUT2D eigenvalue weighted by Gasteiger charge is 2.20. The third-order valence-electron chi connectivity index (χ3n) is 12.2. The molecule has 2 nitrogen and oxygen atoms in total. The standard InChI is InChI=1S/C60H39NO/c1-2-13-46-39-47(28-25-40(46)11-1)43-31-35-49(36-32-43)61(48-33-29-42(30-34-48)41-23-26-45(27-24-41)51-18-9-14-44-12-3-4-15-50(44)51)58-21-7-5-16-54(58)52-19-10-20-56-53(52)37-38-57-55-17-6-8-22-59(55)62-60(56)57/h1-39H/i29D,30D,33D,34D. The molecule has 0 aliphatic rings. The lowest BCUT2D eigenvalue weighted by molar-refractivity contribution is 0.672. The average Bonchev–Trinajstić information content (AvgIpc) is 3.76. The predicted octanol–water partition coefficient (Wildman–Crippen LogP) is 17.2. The number of nitrogens with zero attached hydrogens (tertiary/aromatic N) is 1. The molecule has 11 aromatic carbocycles. The van der Waals surface area contributed by atoms with Gasteiger partial charge >= 0.3 is 0 Å². The summed E-state index contributed by atoms with van der Waals surface area (Å²) >= 11 is 0. The monoisotopic (exact) mass is 793 g/mol. The van der Waals surface area contributed by atoms with Crippen LogP contribution in [-0.4, -0.2) is 0 Å². The van der Waals surface area contributed by atoms with Gasteiger partial charge in [0.15, 0.2) is 0 Å². The first-order valence-electron chi connectivity index (χ1n) is 22.9. The summed E-state index contributed by atoms with van der Waals surface area (Å²) in [6, 6.07) is 71.3. The van der Waals surface area contributed by atoms with Gasteiger partial charge in [-0.1, -0.05) is 188 Å². The van der Waals surface area contributed by atoms with Crippen LogP contribution in [0.5, 0.6) is 0 Å². The van der Waals surface area contributed by atoms with Crippen molar-refractivity contribution in [1.29, 1.82) is 0 Å². The second-order valence-electron chi connectivity index (χ2n) is 15.7. The maximum absolute atomic E-state index is 9.78. The molecule has 290 valence electrons. The van der Waals surface area contributed by atoms with Gasteiger partial charge in [0.1, 0.15) is 11.2 Å². The second-order valence-corrected chi connectivity index (χ2v) is 15.7. The number of benzene rings is 11. The van der Waals surface area contributed by atoms with Gasteiger partial charge in [0, 0.05) is 33.1 Å². The maximum atomic E-state index is 9.78. The summed E-state index contributed by atoms with van der Waals surface area (Å²) < 4.78 is 45.2. The summed E-state index contributed by atoms with van der Waals surface area (Å²) in [7, 11) is 0. The number of furan rings is 1. The van der Waals surface area contributed by atoms with Crippen LogP contribution < -0.4 is 4.90 Å². The number of para-hydroxylation sites is 2. The van der Waals surface area contributed by atoms with E-state index in [9.17, 15) is 5.48 Å². The van der Waals surface area contributed by atoms with Gasteiger partial charge in [0.05, 0.1) is 11.2 Å². The topological polar surface area (TPSA) is 16.4 Å². The van der Waals surface area contributed by atoms with Crippen molar-refractivity contribution in [3.05, 3.63) is 236 Å². The van der Waals surface area contributed by atoms with Crippen LogP contribution in [0.1, 0.15) is 5.48 Å². The Bertz CT molecular complexity index is 3840. The van der Waals surface area contributed by atoms with E-state index < -0.39 is 0 Å². The van der Waals surface area contributed by atoms with Crippen LogP contribution in [0.15, 0.2) is 241 Å². The van der Waals surface area contributed by atoms with E-state index in [1.54, 1.807) is 0 Å². The van der Waals surface area contributed by atoms with E-state index in [1.807, 2.05) is 114 Å². The summed E-state index contributed by atoms with van der Waals surface area (Å²) in [5.74, 6) is 0. The molecule has 0 saturated heterocycles. The van der Waals surface area contributed by atoms with Crippen LogP contribution >= 0.6 is 0 Å². The van der Waals surface area contributed by atoms with Gasteiger partial charge < -0.3 is 9.32 Å². The quantitative estimate of drug-likeness (QED) is 0.160. The summed E-state index contributed by atoms with van der Waals surface area (Å²) in [4.78, 5) is 1.90. The van der Waals surface area contributed by atoms with Crippen molar-refractivity contribution >= 4 is 71.3 Å². The number of anilines is 3. The van der Waals surface area contributed by atoms with Crippen LogP contribution in [0.4, 0.5) is 17.1 Å². The highest BCUT2D eigenvalue weighted by molar-refractivity contribution is 6.18. The lowest BCUT2D eigenvalue weighted by atomic mass is 9.94. The molecule has 0 spiro atoms. The lowest BCUT2D eigenvalue weighted by Crippen LogP contribution is -2.11. The molecule has 0 saturated carbocycles. The molecule has 12 rings (SSSR count). The van der Waals surface area contributed by atoms with Crippen molar-refractivity contribution in [2.24, 2.45) is 0 Å². The SMILES string of the molecule is [2H]c1c([2H])c(N(c2ccc(-c3ccc4ccccc4c3)cc2)c2ccccc2-c2cccc3c2ccc2c4ccccc4oc32)c([2H])c([2H])c1-c1ccc(-c2cccc3ccccc23)cc1. The molecule has 0 unspecified atom stereocenters. The van der Waals surface area contributed by atoms with E-state index in [2.05, 4.69) is 103 Å². The van der Waals surface area contributed by atoms with Crippen molar-refractivity contribution in [3.63, 3.8) is 0 Å². The van der Waals surface area contributed by atoms with Crippen molar-refractivity contribution in [2.45, 2.75) is 0 Å². The van der Waals surface area contributed by atoms with E-state index in [0.717, 1.165) is 82.3 Å². The van der Waals surface area contributed by atoms with Gasteiger partial charge in [0.2, 0.25) is 0 Å². The van der Waals surface area contributed by atoms with E-state index in [-0.39, 0.29) is 35.4 Å². The third-order valence-corrected chi connectivity index (χ3v) is 12.2. The molecular formula is C60H39NO. The lowest BCUT2D eigenvalue weighted by Gasteiger charge is -2.28. The first-order valence-corrected chi connectivity index (χ1v) is 20.9. The Morgan fingerprint density at radius 3 is 1.74 bits per heavy atom. The van der Waals surface area contributed by atoms with E-state index in [1.165, 1.54) is 5.39 Å². The smallest absolute Gasteiger partial charge is 0.143 e. The molecule has 1 aromatic heterocycles. The minimum absolute atomic E-state index is 0.114. The van der Waals surface area contributed by atoms with Crippen molar-refractivity contribution in [2.75, 3.05) is 4.90 Å². The van der Waals surface area contributed by atoms with Crippen molar-refractivity contribution < 1.29 is 9.90 Å². The van der Waals surface area contributed by atoms with E-state index in [4.69, 9.17) is 4.42 Å². The first kappa shape index (κ1) is 31.7. The third kappa shape index (κ3) is 6.12. The van der Waals surface area contributed by atoms with Gasteiger partial charge in [-0.25, -0.2) is 0 Å². The molecule has 0 amide bonds. The van der Waals surface area contributed by atoms with Crippen LogP contribution in [0.2, 0.25) is 0 Å². The summed E-state index contributed by atoms with van der Waals surface area (Å²) in [5.41, 5.74) is 10.1. The molecule has 0 fully saturated rings. The Morgan fingerprint density at radius 1 is 0.323 bits per heavy atom. The minimum Gasteiger partial charge on any atom is -0.455 e. The fourth-order valence-corrected chi connectivity index (χ4v) is 9.09. The van der Waals surface area contributed by atoms with Gasteiger partial charge in [0.25, 0.3) is 0 Å². The molecule has 0 radical (unpaired) electrons. The van der Waals surface area contributed by atoms with Gasteiger partial charge in [-0.05, 0) is 114 Å². The minimum atomic E-state index is -0.139. The molecule has 62 heavy (non-hydrogen) atoms. The van der Waals surface area contributed by atoms with E-state index in [0.29, 0.717) is 16.9 Å². The van der Waals surface area contributed by atoms with Gasteiger partial charge in [-0.15, -0.1) is 0 Å². The van der Waals surface area contributed by atoms with Gasteiger partial charge in [-0.2, -0.15) is 0 Å². The van der Waals surface area contributed by atoms with E-state index >= 15 is 0 Å². The Kier molecular flexibility index (Phi) is 7.57. The Morgan fingerprint density at radius 2 is 0.887 bits per heavy atom. The molecular weight excluding hydrogens is 751 g/mol. The molecule has 0 N–H and O–H groups in total. The highest BCUT2D eigenvalue weighted by atomic mass is 16.3. The Balaban J connectivity index is 1.03. The zero-order chi connectivity index (χ0) is 44.5. The van der Waals surface area contributed by atoms with Crippen LogP contribution in [0, 0.1) is 0 Å². The number of hydrogen-bond donors (Lipinski definition) is 0. The molecule has 1 heterocycles. The fourth-order valence-electron chi connectivity index (χ4n) is 9.09. The molecule has 2 heteroatoms. The first-order chi connectivity index (χ1) is 32.4. The zero-order valence-electron chi connectivity index (χ0n) is 37.6. The number of fused-ring (bicyclic) bond motifs is 7. The van der Waals surface area contributed by atoms with Crippen molar-refractivity contribution in [1.82, 2.24) is 0 Å². The normalized spacial score (nSPS) is 12.5. The van der Waals surface area contributed by atoms with Crippen molar-refractivity contribution in [3.8, 4) is 44.5 Å². The number of hydrogen-bond acceptors (Lipinski definition) is 2. The van der Waals surface area contributed by atoms with Crippen LogP contribution in [0.25, 0.3) is 98.8 Å². The molecule has 0 aliphatic heterocycles. The van der Waals surface area contributed by atoms with Crippen LogP contribution in [-0.2, 0) is 0 Å². The summed E-state index contributed by atoms with van der Waals surface area (Å²) in [6.45, 7) is 0. The molecule has 12 aromatic rings. The number of rotatable bonds is 7. The molecule has 0 aliphatic carbocycles. The Hall–Kier alpha value is -8.20. The maximum Gasteiger partial charge on any atom is 0.143 e. The van der Waals surface area contributed by atoms with Crippen LogP contribution in [0.3, 0.4) is 0 Å². The summed E-state index contributed by atoms with van der Waals surface area (Å²) in [5, 5.41) is 8.67. The average molecular weight is 794 g/mol. The molecule has 0 bridgehead atoms. The molecule has 0 atom stereocenters. The zero-order valence-corrected chi connectivity index (χ0v) is 33.6. The largest absolute Gasteiger partial charge is 0.455 e. The summed E-state index contributed by atoms with van der Waals surface area (Å²) in [6.07, 6.45) is 0.